The van der Waals surface area contributed by atoms with Gasteiger partial charge in [0.05, 0.1) is 35.2 Å². The zero-order chi connectivity index (χ0) is 35.5. The van der Waals surface area contributed by atoms with Crippen molar-refractivity contribution < 1.29 is 45.3 Å². The molecule has 2 N–H and O–H groups in total. The monoisotopic (exact) mass is 694 g/mol. The number of carbonyl (C=O) groups excluding carboxylic acids is 2. The van der Waals surface area contributed by atoms with Crippen LogP contribution in [-0.2, 0) is 36.4 Å². The molecule has 1 aliphatic carbocycles. The third kappa shape index (κ3) is 6.74. The number of ether oxygens (including phenoxy) is 1. The van der Waals surface area contributed by atoms with Gasteiger partial charge in [-0.2, -0.15) is 0 Å². The average Bonchev–Trinajstić information content (AvgIpc) is 3.78. The first-order chi connectivity index (χ1) is 23.0. The number of fused-ring (bicyclic) bond motifs is 1. The standard InChI is InChI=1S/C35H37BF2N2O8S/c1-34(2)35(3,4)48-36(47-34)30-26(33(42)45-6)13-19(14-27(30)38)17-40-49(43,44)18-22-15-28-25(16-24(22)20-7-8-20)29(32(41)39-5)31(46-28)21-9-11-23(37)12-10-21/h9-16,20,40H,7-8,17-18H2,1-6H3,(H,39,41). The van der Waals surface area contributed by atoms with Crippen LogP contribution in [0.25, 0.3) is 22.3 Å². The Bertz CT molecular complexity index is 2060. The molecular weight excluding hydrogens is 657 g/mol. The molecule has 1 saturated heterocycles. The van der Waals surface area contributed by atoms with Crippen LogP contribution in [0.15, 0.2) is 52.9 Å². The first-order valence-corrected chi connectivity index (χ1v) is 17.5. The van der Waals surface area contributed by atoms with E-state index in [0.717, 1.165) is 31.6 Å². The van der Waals surface area contributed by atoms with Gasteiger partial charge in [0.15, 0.2) is 0 Å². The lowest BCUT2D eigenvalue weighted by Gasteiger charge is -2.32. The predicted octanol–water partition coefficient (Wildman–Crippen LogP) is 5.32. The number of amides is 1. The highest BCUT2D eigenvalue weighted by atomic mass is 32.2. The van der Waals surface area contributed by atoms with Gasteiger partial charge in [-0.05, 0) is 112 Å². The lowest BCUT2D eigenvalue weighted by atomic mass is 9.75. The van der Waals surface area contributed by atoms with E-state index >= 15 is 4.39 Å². The average molecular weight is 695 g/mol. The molecule has 0 bridgehead atoms. The van der Waals surface area contributed by atoms with Crippen LogP contribution in [0.4, 0.5) is 8.78 Å². The van der Waals surface area contributed by atoms with Crippen LogP contribution in [0.2, 0.25) is 0 Å². The number of furan rings is 1. The highest BCUT2D eigenvalue weighted by Crippen LogP contribution is 2.45. The molecule has 3 aromatic carbocycles. The first-order valence-electron chi connectivity index (χ1n) is 15.8. The predicted molar refractivity (Wildman–Crippen MR) is 180 cm³/mol. The SMILES string of the molecule is CNC(=O)c1c(-c2ccc(F)cc2)oc2cc(CS(=O)(=O)NCc3cc(F)c(B4OC(C)(C)C(C)(C)O4)c(C(=O)OC)c3)c(C3CC3)cc12. The third-order valence-electron chi connectivity index (χ3n) is 9.45. The van der Waals surface area contributed by atoms with Gasteiger partial charge in [-0.15, -0.1) is 0 Å². The molecule has 4 aromatic rings. The molecule has 0 atom stereocenters. The van der Waals surface area contributed by atoms with E-state index in [1.807, 2.05) is 0 Å². The van der Waals surface area contributed by atoms with Crippen LogP contribution in [0.1, 0.15) is 83.9 Å². The van der Waals surface area contributed by atoms with Gasteiger partial charge in [-0.3, -0.25) is 4.79 Å². The van der Waals surface area contributed by atoms with E-state index in [4.69, 9.17) is 18.5 Å². The second-order valence-electron chi connectivity index (χ2n) is 13.4. The fourth-order valence-corrected chi connectivity index (χ4v) is 7.11. The number of rotatable bonds is 10. The van der Waals surface area contributed by atoms with E-state index in [-0.39, 0.29) is 40.4 Å². The van der Waals surface area contributed by atoms with Crippen molar-refractivity contribution in [3.05, 3.63) is 88.0 Å². The minimum absolute atomic E-state index is 0.107. The van der Waals surface area contributed by atoms with Gasteiger partial charge in [0.1, 0.15) is 23.0 Å². The lowest BCUT2D eigenvalue weighted by Crippen LogP contribution is -2.41. The molecule has 258 valence electrons. The summed E-state index contributed by atoms with van der Waals surface area (Å²) >= 11 is 0. The fourth-order valence-electron chi connectivity index (χ4n) is 5.96. The Morgan fingerprint density at radius 2 is 1.65 bits per heavy atom. The Hall–Kier alpha value is -4.11. The molecule has 0 spiro atoms. The summed E-state index contributed by atoms with van der Waals surface area (Å²) < 4.78 is 81.9. The molecule has 2 heterocycles. The first kappa shape index (κ1) is 34.7. The Morgan fingerprint density at radius 1 is 1.00 bits per heavy atom. The summed E-state index contributed by atoms with van der Waals surface area (Å²) in [5.41, 5.74) is 0.650. The molecule has 2 fully saturated rings. The van der Waals surface area contributed by atoms with Crippen molar-refractivity contribution in [2.24, 2.45) is 0 Å². The minimum Gasteiger partial charge on any atom is -0.465 e. The Balaban J connectivity index is 1.30. The van der Waals surface area contributed by atoms with Crippen molar-refractivity contribution in [1.82, 2.24) is 10.0 Å². The molecule has 6 rings (SSSR count). The number of sulfonamides is 1. The molecule has 0 unspecified atom stereocenters. The van der Waals surface area contributed by atoms with Crippen LogP contribution in [0.3, 0.4) is 0 Å². The molecule has 0 radical (unpaired) electrons. The highest BCUT2D eigenvalue weighted by Gasteiger charge is 2.53. The molecule has 1 saturated carbocycles. The summed E-state index contributed by atoms with van der Waals surface area (Å²) in [6.45, 7) is 6.89. The van der Waals surface area contributed by atoms with E-state index in [1.165, 1.54) is 37.4 Å². The summed E-state index contributed by atoms with van der Waals surface area (Å²) in [7, 11) is -2.55. The van der Waals surface area contributed by atoms with Gasteiger partial charge in [0.2, 0.25) is 10.0 Å². The van der Waals surface area contributed by atoms with Gasteiger partial charge in [0, 0.05) is 30.0 Å². The second kappa shape index (κ2) is 12.7. The minimum atomic E-state index is -4.02. The van der Waals surface area contributed by atoms with Crippen molar-refractivity contribution in [2.75, 3.05) is 14.2 Å². The number of carbonyl (C=O) groups is 2. The molecule has 2 aliphatic rings. The number of nitrogens with one attached hydrogen (secondary N) is 2. The molecule has 14 heteroatoms. The zero-order valence-corrected chi connectivity index (χ0v) is 28.8. The fraction of sp³-hybridized carbons (Fsp3) is 0.371. The molecule has 10 nitrogen and oxygen atoms in total. The van der Waals surface area contributed by atoms with Gasteiger partial charge in [-0.25, -0.2) is 26.7 Å². The second-order valence-corrected chi connectivity index (χ2v) is 15.2. The van der Waals surface area contributed by atoms with E-state index in [2.05, 4.69) is 10.0 Å². The smallest absolute Gasteiger partial charge is 0.465 e. The van der Waals surface area contributed by atoms with Gasteiger partial charge in [-0.1, -0.05) is 0 Å². The maximum atomic E-state index is 15.7. The van der Waals surface area contributed by atoms with Gasteiger partial charge >= 0.3 is 13.1 Å². The van der Waals surface area contributed by atoms with E-state index in [9.17, 15) is 22.4 Å². The number of esters is 1. The largest absolute Gasteiger partial charge is 0.498 e. The van der Waals surface area contributed by atoms with Crippen molar-refractivity contribution in [1.29, 1.82) is 0 Å². The quantitative estimate of drug-likeness (QED) is 0.169. The molecule has 49 heavy (non-hydrogen) atoms. The van der Waals surface area contributed by atoms with E-state index in [1.54, 1.807) is 39.8 Å². The number of hydrogen-bond donors (Lipinski definition) is 2. The zero-order valence-electron chi connectivity index (χ0n) is 28.0. The van der Waals surface area contributed by atoms with E-state index in [0.29, 0.717) is 22.1 Å². The Kier molecular flexibility index (Phi) is 8.97. The van der Waals surface area contributed by atoms with E-state index < -0.39 is 57.6 Å². The maximum absolute atomic E-state index is 15.7. The Labute approximate surface area is 283 Å². The normalized spacial score (nSPS) is 17.0. The van der Waals surface area contributed by atoms with Crippen LogP contribution in [-0.4, -0.2) is 52.8 Å². The summed E-state index contributed by atoms with van der Waals surface area (Å²) in [5.74, 6) is -2.55. The van der Waals surface area contributed by atoms with Crippen LogP contribution < -0.4 is 15.5 Å². The number of benzene rings is 3. The van der Waals surface area contributed by atoms with Crippen LogP contribution >= 0.6 is 0 Å². The van der Waals surface area contributed by atoms with Crippen molar-refractivity contribution in [2.45, 2.75) is 70.0 Å². The molecule has 1 aliphatic heterocycles. The number of methoxy groups -OCH3 is 1. The summed E-state index contributed by atoms with van der Waals surface area (Å²) in [6.07, 6.45) is 1.71. The van der Waals surface area contributed by atoms with Crippen molar-refractivity contribution >= 4 is 45.5 Å². The summed E-state index contributed by atoms with van der Waals surface area (Å²) in [4.78, 5) is 25.8. The van der Waals surface area contributed by atoms with Crippen molar-refractivity contribution in [3.8, 4) is 11.3 Å². The lowest BCUT2D eigenvalue weighted by molar-refractivity contribution is 0.00578. The van der Waals surface area contributed by atoms with Crippen LogP contribution in [0, 0.1) is 11.6 Å². The number of halogens is 2. The van der Waals surface area contributed by atoms with Crippen LogP contribution in [0.5, 0.6) is 0 Å². The summed E-state index contributed by atoms with van der Waals surface area (Å²) in [5, 5.41) is 3.14. The molecule has 1 aromatic heterocycles. The van der Waals surface area contributed by atoms with Crippen molar-refractivity contribution in [3.63, 3.8) is 0 Å². The molecule has 1 amide bonds. The summed E-state index contributed by atoms with van der Waals surface area (Å²) in [6, 6.07) is 11.5. The third-order valence-corrected chi connectivity index (χ3v) is 10.7. The van der Waals surface area contributed by atoms with Gasteiger partial charge < -0.3 is 23.8 Å². The number of hydrogen-bond acceptors (Lipinski definition) is 8. The topological polar surface area (TPSA) is 133 Å². The highest BCUT2D eigenvalue weighted by molar-refractivity contribution is 7.88. The Morgan fingerprint density at radius 3 is 2.24 bits per heavy atom. The maximum Gasteiger partial charge on any atom is 0.498 e. The molecular formula is C35H37BF2N2O8S. The van der Waals surface area contributed by atoms with Gasteiger partial charge in [0.25, 0.3) is 5.91 Å².